The highest BCUT2D eigenvalue weighted by Gasteiger charge is 2.12. The first-order valence-corrected chi connectivity index (χ1v) is 7.19. The van der Waals surface area contributed by atoms with Crippen LogP contribution in [0.4, 0.5) is 5.69 Å². The lowest BCUT2D eigenvalue weighted by Crippen LogP contribution is -2.30. The average Bonchev–Trinajstić information content (AvgIpc) is 2.53. The van der Waals surface area contributed by atoms with E-state index in [1.54, 1.807) is 0 Å². The monoisotopic (exact) mass is 267 g/mol. The molecule has 0 saturated carbocycles. The van der Waals surface area contributed by atoms with E-state index in [1.165, 1.54) is 0 Å². The Labute approximate surface area is 121 Å². The van der Waals surface area contributed by atoms with E-state index in [9.17, 15) is 4.79 Å². The van der Waals surface area contributed by atoms with Gasteiger partial charge >= 0.3 is 0 Å². The highest BCUT2D eigenvalue weighted by Crippen LogP contribution is 2.15. The molecule has 0 amide bonds. The summed E-state index contributed by atoms with van der Waals surface area (Å²) in [5.41, 5.74) is 1.90. The maximum absolute atomic E-state index is 12.3. The molecule has 104 valence electrons. The number of unbranched alkanes of at least 4 members (excludes halogenated alkanes) is 1. The Balaban J connectivity index is 2.10. The molecule has 2 rings (SSSR count). The average molecular weight is 267 g/mol. The van der Waals surface area contributed by atoms with Gasteiger partial charge in [-0.25, -0.2) is 0 Å². The molecule has 0 fully saturated rings. The molecule has 20 heavy (non-hydrogen) atoms. The lowest BCUT2D eigenvalue weighted by molar-refractivity contribution is 0.0999. The Hall–Kier alpha value is -2.09. The fourth-order valence-corrected chi connectivity index (χ4v) is 2.18. The van der Waals surface area contributed by atoms with Crippen molar-refractivity contribution in [2.75, 3.05) is 18.0 Å². The summed E-state index contributed by atoms with van der Waals surface area (Å²) >= 11 is 0. The SMILES string of the molecule is CCCCN(CC(=O)c1ccccc1)c1ccccc1. The molecule has 0 spiro atoms. The first-order valence-electron chi connectivity index (χ1n) is 7.19. The topological polar surface area (TPSA) is 20.3 Å². The van der Waals surface area contributed by atoms with Gasteiger partial charge in [-0.15, -0.1) is 0 Å². The lowest BCUT2D eigenvalue weighted by atomic mass is 10.1. The number of Topliss-reactive ketones (excluding diaryl/α,β-unsaturated/α-hetero) is 1. The molecule has 0 bridgehead atoms. The number of benzene rings is 2. The van der Waals surface area contributed by atoms with Gasteiger partial charge in [0, 0.05) is 17.8 Å². The van der Waals surface area contributed by atoms with E-state index in [4.69, 9.17) is 0 Å². The molecule has 2 heteroatoms. The van der Waals surface area contributed by atoms with E-state index in [0.29, 0.717) is 6.54 Å². The standard InChI is InChI=1S/C18H21NO/c1-2-3-14-19(17-12-8-5-9-13-17)15-18(20)16-10-6-4-7-11-16/h4-13H,2-3,14-15H2,1H3. The van der Waals surface area contributed by atoms with E-state index in [0.717, 1.165) is 30.6 Å². The minimum absolute atomic E-state index is 0.172. The molecule has 0 atom stereocenters. The van der Waals surface area contributed by atoms with Gasteiger partial charge in [0.25, 0.3) is 0 Å². The van der Waals surface area contributed by atoms with Crippen LogP contribution in [0.25, 0.3) is 0 Å². The molecular weight excluding hydrogens is 246 g/mol. The molecule has 0 saturated heterocycles. The van der Waals surface area contributed by atoms with Gasteiger partial charge in [0.05, 0.1) is 6.54 Å². The van der Waals surface area contributed by atoms with Crippen molar-refractivity contribution in [2.45, 2.75) is 19.8 Å². The van der Waals surface area contributed by atoms with Crippen molar-refractivity contribution in [3.05, 3.63) is 66.2 Å². The number of carbonyl (C=O) groups is 1. The zero-order valence-corrected chi connectivity index (χ0v) is 12.0. The highest BCUT2D eigenvalue weighted by atomic mass is 16.1. The minimum atomic E-state index is 0.172. The van der Waals surface area contributed by atoms with Crippen LogP contribution in [0.2, 0.25) is 0 Å². The number of ketones is 1. The summed E-state index contributed by atoms with van der Waals surface area (Å²) < 4.78 is 0. The smallest absolute Gasteiger partial charge is 0.182 e. The molecular formula is C18H21NO. The zero-order chi connectivity index (χ0) is 14.2. The normalized spacial score (nSPS) is 10.2. The van der Waals surface area contributed by atoms with Crippen LogP contribution in [0, 0.1) is 0 Å². The second kappa shape index (κ2) is 7.49. The summed E-state index contributed by atoms with van der Waals surface area (Å²) in [5.74, 6) is 0.172. The molecule has 2 nitrogen and oxygen atoms in total. The third-order valence-corrected chi connectivity index (χ3v) is 3.33. The quantitative estimate of drug-likeness (QED) is 0.701. The molecule has 0 N–H and O–H groups in total. The number of carbonyl (C=O) groups excluding carboxylic acids is 1. The van der Waals surface area contributed by atoms with Gasteiger partial charge in [-0.2, -0.15) is 0 Å². The molecule has 0 heterocycles. The molecule has 0 unspecified atom stereocenters. The molecule has 0 aliphatic carbocycles. The van der Waals surface area contributed by atoms with Crippen molar-refractivity contribution >= 4 is 11.5 Å². The van der Waals surface area contributed by atoms with Crippen LogP contribution in [0.3, 0.4) is 0 Å². The van der Waals surface area contributed by atoms with E-state index in [2.05, 4.69) is 24.0 Å². The summed E-state index contributed by atoms with van der Waals surface area (Å²) in [6.45, 7) is 3.52. The maximum Gasteiger partial charge on any atom is 0.182 e. The molecule has 0 radical (unpaired) electrons. The van der Waals surface area contributed by atoms with E-state index >= 15 is 0 Å². The zero-order valence-electron chi connectivity index (χ0n) is 12.0. The van der Waals surface area contributed by atoms with Gasteiger partial charge in [-0.3, -0.25) is 4.79 Å². The lowest BCUT2D eigenvalue weighted by Gasteiger charge is -2.24. The van der Waals surface area contributed by atoms with Crippen molar-refractivity contribution in [3.63, 3.8) is 0 Å². The van der Waals surface area contributed by atoms with Crippen LogP contribution in [0.15, 0.2) is 60.7 Å². The van der Waals surface area contributed by atoms with Gasteiger partial charge in [0.2, 0.25) is 0 Å². The Morgan fingerprint density at radius 2 is 1.55 bits per heavy atom. The van der Waals surface area contributed by atoms with Gasteiger partial charge in [-0.1, -0.05) is 61.9 Å². The van der Waals surface area contributed by atoms with Crippen LogP contribution in [-0.4, -0.2) is 18.9 Å². The second-order valence-electron chi connectivity index (χ2n) is 4.90. The first-order chi connectivity index (χ1) is 9.81. The summed E-state index contributed by atoms with van der Waals surface area (Å²) in [6, 6.07) is 19.7. The fourth-order valence-electron chi connectivity index (χ4n) is 2.18. The molecule has 2 aromatic rings. The van der Waals surface area contributed by atoms with Crippen molar-refractivity contribution in [1.29, 1.82) is 0 Å². The maximum atomic E-state index is 12.3. The summed E-state index contributed by atoms with van der Waals surface area (Å²) in [5, 5.41) is 0. The van der Waals surface area contributed by atoms with E-state index < -0.39 is 0 Å². The number of nitrogens with zero attached hydrogens (tertiary/aromatic N) is 1. The second-order valence-corrected chi connectivity index (χ2v) is 4.90. The number of rotatable bonds is 7. The highest BCUT2D eigenvalue weighted by molar-refractivity contribution is 5.99. The van der Waals surface area contributed by atoms with Crippen LogP contribution < -0.4 is 4.90 Å². The van der Waals surface area contributed by atoms with Crippen LogP contribution >= 0.6 is 0 Å². The number of anilines is 1. The summed E-state index contributed by atoms with van der Waals surface area (Å²) in [7, 11) is 0. The van der Waals surface area contributed by atoms with E-state index in [-0.39, 0.29) is 5.78 Å². The Kier molecular flexibility index (Phi) is 5.36. The third kappa shape index (κ3) is 3.95. The molecule has 0 aliphatic heterocycles. The van der Waals surface area contributed by atoms with Crippen LogP contribution in [0.1, 0.15) is 30.1 Å². The first kappa shape index (κ1) is 14.3. The van der Waals surface area contributed by atoms with Crippen molar-refractivity contribution in [3.8, 4) is 0 Å². The van der Waals surface area contributed by atoms with Gasteiger partial charge < -0.3 is 4.90 Å². The molecule has 0 aliphatic rings. The summed E-state index contributed by atoms with van der Waals surface area (Å²) in [6.07, 6.45) is 2.22. The molecule has 2 aromatic carbocycles. The largest absolute Gasteiger partial charge is 0.364 e. The predicted octanol–water partition coefficient (Wildman–Crippen LogP) is 4.18. The van der Waals surface area contributed by atoms with Crippen molar-refractivity contribution in [1.82, 2.24) is 0 Å². The van der Waals surface area contributed by atoms with Crippen molar-refractivity contribution in [2.24, 2.45) is 0 Å². The Morgan fingerprint density at radius 3 is 2.15 bits per heavy atom. The number of hydrogen-bond donors (Lipinski definition) is 0. The number of para-hydroxylation sites is 1. The Morgan fingerprint density at radius 1 is 0.950 bits per heavy atom. The van der Waals surface area contributed by atoms with E-state index in [1.807, 2.05) is 48.5 Å². The third-order valence-electron chi connectivity index (χ3n) is 3.33. The molecule has 0 aromatic heterocycles. The van der Waals surface area contributed by atoms with Gasteiger partial charge in [0.15, 0.2) is 5.78 Å². The predicted molar refractivity (Wildman–Crippen MR) is 84.3 cm³/mol. The minimum Gasteiger partial charge on any atom is -0.364 e. The van der Waals surface area contributed by atoms with Crippen LogP contribution in [0.5, 0.6) is 0 Å². The number of hydrogen-bond acceptors (Lipinski definition) is 2. The van der Waals surface area contributed by atoms with Crippen LogP contribution in [-0.2, 0) is 0 Å². The fraction of sp³-hybridized carbons (Fsp3) is 0.278. The summed E-state index contributed by atoms with van der Waals surface area (Å²) in [4.78, 5) is 14.5. The van der Waals surface area contributed by atoms with Gasteiger partial charge in [-0.05, 0) is 18.6 Å². The van der Waals surface area contributed by atoms with Gasteiger partial charge in [0.1, 0.15) is 0 Å². The van der Waals surface area contributed by atoms with Crippen molar-refractivity contribution < 1.29 is 4.79 Å². The Bertz CT molecular complexity index is 522.